The molecule has 3 N–H and O–H groups in total. The Morgan fingerprint density at radius 1 is 0.971 bits per heavy atom. The highest BCUT2D eigenvalue weighted by Crippen LogP contribution is 2.25. The molecule has 0 aromatic heterocycles. The maximum absolute atomic E-state index is 13.4. The van der Waals surface area contributed by atoms with E-state index in [1.807, 2.05) is 78.9 Å². The number of amides is 3. The molecule has 7 nitrogen and oxygen atoms in total. The third kappa shape index (κ3) is 6.27. The van der Waals surface area contributed by atoms with E-state index < -0.39 is 30.0 Å². The lowest BCUT2D eigenvalue weighted by molar-refractivity contribution is -0.131. The van der Waals surface area contributed by atoms with Crippen LogP contribution in [0, 0.1) is 0 Å². The first-order chi connectivity index (χ1) is 16.9. The molecule has 0 fully saturated rings. The number of benzene rings is 3. The van der Waals surface area contributed by atoms with Crippen molar-refractivity contribution < 1.29 is 19.1 Å². The first-order valence-corrected chi connectivity index (χ1v) is 12.1. The summed E-state index contributed by atoms with van der Waals surface area (Å²) in [5, 5.41) is 2.77. The number of carbonyl (C=O) groups excluding carboxylic acids is 3. The van der Waals surface area contributed by atoms with Crippen molar-refractivity contribution in [3.8, 4) is 0 Å². The molecule has 3 amide bonds. The molecule has 180 valence electrons. The fraction of sp³-hybridized carbons (Fsp3) is 0.222. The quantitative estimate of drug-likeness (QED) is 0.481. The lowest BCUT2D eigenvalue weighted by Crippen LogP contribution is -2.56. The van der Waals surface area contributed by atoms with Crippen molar-refractivity contribution in [2.45, 2.75) is 38.1 Å². The Hall–Kier alpha value is -3.65. The van der Waals surface area contributed by atoms with Gasteiger partial charge in [0.1, 0.15) is 18.7 Å². The van der Waals surface area contributed by atoms with Crippen molar-refractivity contribution in [2.24, 2.45) is 5.73 Å². The molecule has 0 radical (unpaired) electrons. The van der Waals surface area contributed by atoms with Crippen LogP contribution in [0.3, 0.4) is 0 Å². The number of primary amides is 1. The monoisotopic (exact) mass is 535 g/mol. The summed E-state index contributed by atoms with van der Waals surface area (Å²) in [5.41, 5.74) is 9.23. The summed E-state index contributed by atoms with van der Waals surface area (Å²) in [5.74, 6) is -1.09. The molecule has 1 aliphatic rings. The van der Waals surface area contributed by atoms with Crippen LogP contribution in [-0.4, -0.2) is 34.9 Å². The predicted molar refractivity (Wildman–Crippen MR) is 135 cm³/mol. The number of ether oxygens (including phenoxy) is 1. The van der Waals surface area contributed by atoms with Gasteiger partial charge in [-0.2, -0.15) is 0 Å². The molecule has 2 atom stereocenters. The van der Waals surface area contributed by atoms with Gasteiger partial charge in [0, 0.05) is 17.3 Å². The Morgan fingerprint density at radius 3 is 2.37 bits per heavy atom. The molecule has 3 aromatic carbocycles. The number of rotatable bonds is 7. The van der Waals surface area contributed by atoms with Gasteiger partial charge in [-0.15, -0.1) is 0 Å². The van der Waals surface area contributed by atoms with E-state index >= 15 is 0 Å². The topological polar surface area (TPSA) is 102 Å². The van der Waals surface area contributed by atoms with Gasteiger partial charge in [-0.3, -0.25) is 14.5 Å². The van der Waals surface area contributed by atoms with E-state index in [0.717, 1.165) is 26.7 Å². The molecule has 0 bridgehead atoms. The van der Waals surface area contributed by atoms with E-state index in [4.69, 9.17) is 10.5 Å². The molecule has 4 rings (SSSR count). The Morgan fingerprint density at radius 2 is 1.66 bits per heavy atom. The minimum atomic E-state index is -0.920. The summed E-state index contributed by atoms with van der Waals surface area (Å²) in [6.07, 6.45) is -0.0429. The van der Waals surface area contributed by atoms with E-state index in [9.17, 15) is 14.4 Å². The largest absolute Gasteiger partial charge is 0.445 e. The van der Waals surface area contributed by atoms with Crippen LogP contribution in [0.5, 0.6) is 0 Å². The van der Waals surface area contributed by atoms with Crippen LogP contribution in [0.2, 0.25) is 0 Å². The number of nitrogens with one attached hydrogen (secondary N) is 1. The van der Waals surface area contributed by atoms with Crippen molar-refractivity contribution >= 4 is 33.8 Å². The Bertz CT molecular complexity index is 1220. The summed E-state index contributed by atoms with van der Waals surface area (Å²) < 4.78 is 6.40. The average molecular weight is 536 g/mol. The second-order valence-corrected chi connectivity index (χ2v) is 9.37. The van der Waals surface area contributed by atoms with Gasteiger partial charge in [-0.1, -0.05) is 82.7 Å². The van der Waals surface area contributed by atoms with Gasteiger partial charge >= 0.3 is 6.09 Å². The van der Waals surface area contributed by atoms with Crippen LogP contribution in [0.15, 0.2) is 83.3 Å². The lowest BCUT2D eigenvalue weighted by atomic mass is 9.93. The number of carbonyl (C=O) groups is 3. The Balaban J connectivity index is 1.52. The SMILES string of the molecule is NC(=O)[C@H](Cc1cccc(Br)c1)NC(=O)[C@@H]1Cc2ccccc2CN1C(=O)OCc1ccccc1. The van der Waals surface area contributed by atoms with Gasteiger partial charge < -0.3 is 15.8 Å². The van der Waals surface area contributed by atoms with Crippen LogP contribution < -0.4 is 11.1 Å². The summed E-state index contributed by atoms with van der Waals surface area (Å²) in [4.78, 5) is 40.0. The van der Waals surface area contributed by atoms with Gasteiger partial charge in [0.05, 0.1) is 6.54 Å². The molecule has 0 spiro atoms. The molecule has 0 saturated heterocycles. The van der Waals surface area contributed by atoms with E-state index in [2.05, 4.69) is 21.2 Å². The van der Waals surface area contributed by atoms with E-state index in [-0.39, 0.29) is 19.6 Å². The molecule has 8 heteroatoms. The maximum Gasteiger partial charge on any atom is 0.411 e. The smallest absolute Gasteiger partial charge is 0.411 e. The van der Waals surface area contributed by atoms with Gasteiger partial charge in [-0.05, 0) is 34.4 Å². The van der Waals surface area contributed by atoms with Crippen LogP contribution >= 0.6 is 15.9 Å². The minimum absolute atomic E-state index is 0.0962. The number of halogens is 1. The van der Waals surface area contributed by atoms with Gasteiger partial charge in [0.25, 0.3) is 0 Å². The van der Waals surface area contributed by atoms with Crippen LogP contribution in [0.25, 0.3) is 0 Å². The number of nitrogens with zero attached hydrogens (tertiary/aromatic N) is 1. The molecule has 0 saturated carbocycles. The summed E-state index contributed by atoms with van der Waals surface area (Å²) >= 11 is 3.41. The molecule has 1 heterocycles. The van der Waals surface area contributed by atoms with Crippen molar-refractivity contribution in [1.82, 2.24) is 10.2 Å². The van der Waals surface area contributed by atoms with Crippen molar-refractivity contribution in [2.75, 3.05) is 0 Å². The zero-order chi connectivity index (χ0) is 24.8. The second kappa shape index (κ2) is 11.2. The first-order valence-electron chi connectivity index (χ1n) is 11.3. The van der Waals surface area contributed by atoms with Gasteiger partial charge in [-0.25, -0.2) is 4.79 Å². The van der Waals surface area contributed by atoms with Gasteiger partial charge in [0.15, 0.2) is 0 Å². The molecule has 0 unspecified atom stereocenters. The standard InChI is InChI=1S/C27H26BrN3O4/c28-22-12-6-9-19(13-22)14-23(25(29)32)30-26(33)24-15-20-10-4-5-11-21(20)16-31(24)27(34)35-17-18-7-2-1-3-8-18/h1-13,23-24H,14-17H2,(H2,29,32)(H,30,33)/t23-,24-/m0/s1. The van der Waals surface area contributed by atoms with Crippen molar-refractivity contribution in [1.29, 1.82) is 0 Å². The summed E-state index contributed by atoms with van der Waals surface area (Å²) in [6, 6.07) is 22.7. The zero-order valence-corrected chi connectivity index (χ0v) is 20.6. The third-order valence-corrected chi connectivity index (χ3v) is 6.47. The molecule has 0 aliphatic carbocycles. The molecule has 35 heavy (non-hydrogen) atoms. The first kappa shape index (κ1) is 24.5. The van der Waals surface area contributed by atoms with E-state index in [1.165, 1.54) is 4.90 Å². The van der Waals surface area contributed by atoms with Crippen molar-refractivity contribution in [3.05, 3.63) is 106 Å². The van der Waals surface area contributed by atoms with Crippen LogP contribution in [0.4, 0.5) is 4.79 Å². The van der Waals surface area contributed by atoms with Crippen LogP contribution in [-0.2, 0) is 40.3 Å². The number of hydrogen-bond donors (Lipinski definition) is 2. The normalized spacial score (nSPS) is 15.6. The Labute approximate surface area is 212 Å². The number of hydrogen-bond acceptors (Lipinski definition) is 4. The number of nitrogens with two attached hydrogens (primary N) is 1. The summed E-state index contributed by atoms with van der Waals surface area (Å²) in [6.45, 7) is 0.327. The zero-order valence-electron chi connectivity index (χ0n) is 19.0. The Kier molecular flexibility index (Phi) is 7.82. The fourth-order valence-corrected chi connectivity index (χ4v) is 4.59. The highest BCUT2D eigenvalue weighted by molar-refractivity contribution is 9.10. The van der Waals surface area contributed by atoms with E-state index in [0.29, 0.717) is 6.42 Å². The van der Waals surface area contributed by atoms with E-state index in [1.54, 1.807) is 0 Å². The maximum atomic E-state index is 13.4. The second-order valence-electron chi connectivity index (χ2n) is 8.45. The van der Waals surface area contributed by atoms with Gasteiger partial charge in [0.2, 0.25) is 11.8 Å². The number of fused-ring (bicyclic) bond motifs is 1. The highest BCUT2D eigenvalue weighted by atomic mass is 79.9. The predicted octanol–water partition coefficient (Wildman–Crippen LogP) is 3.73. The van der Waals surface area contributed by atoms with Crippen molar-refractivity contribution in [3.63, 3.8) is 0 Å². The summed E-state index contributed by atoms with van der Waals surface area (Å²) in [7, 11) is 0. The highest BCUT2D eigenvalue weighted by Gasteiger charge is 2.37. The molecule has 3 aromatic rings. The minimum Gasteiger partial charge on any atom is -0.445 e. The molecular weight excluding hydrogens is 510 g/mol. The fourth-order valence-electron chi connectivity index (χ4n) is 4.14. The average Bonchev–Trinajstić information content (AvgIpc) is 2.86. The van der Waals surface area contributed by atoms with Crippen LogP contribution in [0.1, 0.15) is 22.3 Å². The lowest BCUT2D eigenvalue weighted by Gasteiger charge is -2.35. The molecular formula is C27H26BrN3O4. The third-order valence-electron chi connectivity index (χ3n) is 5.98. The molecule has 1 aliphatic heterocycles.